The number of urea groups is 1. The molecule has 1 atom stereocenters. The first-order valence-corrected chi connectivity index (χ1v) is 13.2. The highest BCUT2D eigenvalue weighted by atomic mass is 28.4. The molecular weight excluding hydrogens is 428 g/mol. The van der Waals surface area contributed by atoms with Crippen LogP contribution in [-0.4, -0.2) is 48.7 Å². The van der Waals surface area contributed by atoms with Crippen molar-refractivity contribution in [2.24, 2.45) is 0 Å². The van der Waals surface area contributed by atoms with Crippen LogP contribution in [-0.2, 0) is 14.8 Å². The van der Waals surface area contributed by atoms with Gasteiger partial charge in [0, 0.05) is 19.3 Å². The van der Waals surface area contributed by atoms with Gasteiger partial charge in [-0.1, -0.05) is 51.1 Å². The summed E-state index contributed by atoms with van der Waals surface area (Å²) in [5.74, 6) is -0.644. The maximum Gasteiger partial charge on any atom is 0.333 e. The van der Waals surface area contributed by atoms with Crippen molar-refractivity contribution in [2.45, 2.75) is 44.4 Å². The van der Waals surface area contributed by atoms with Crippen LogP contribution < -0.4 is 4.90 Å². The molecule has 0 N–H and O–H groups in total. The van der Waals surface area contributed by atoms with Gasteiger partial charge in [0.2, 0.25) is 0 Å². The lowest BCUT2D eigenvalue weighted by Crippen LogP contribution is -2.53. The lowest BCUT2D eigenvalue weighted by molar-refractivity contribution is -0.384. The Hall–Kier alpha value is -3.11. The summed E-state index contributed by atoms with van der Waals surface area (Å²) < 4.78 is 6.44. The topological polar surface area (TPSA) is 106 Å². The predicted octanol–water partition coefficient (Wildman–Crippen LogP) is 4.31. The third-order valence-electron chi connectivity index (χ3n) is 6.48. The van der Waals surface area contributed by atoms with E-state index >= 15 is 0 Å². The monoisotopic (exact) mass is 456 g/mol. The molecule has 0 saturated carbocycles. The molecule has 1 aliphatic rings. The second-order valence-corrected chi connectivity index (χ2v) is 14.2. The quantitative estimate of drug-likeness (QED) is 0.278. The highest BCUT2D eigenvalue weighted by Gasteiger charge is 2.59. The minimum atomic E-state index is -2.27. The van der Waals surface area contributed by atoms with Crippen LogP contribution in [0.1, 0.15) is 26.3 Å². The molecule has 0 aliphatic carbocycles. The molecule has 2 aromatic rings. The molecule has 1 aliphatic heterocycles. The van der Waals surface area contributed by atoms with Gasteiger partial charge in [-0.3, -0.25) is 14.9 Å². The van der Waals surface area contributed by atoms with Crippen molar-refractivity contribution in [3.05, 3.63) is 64.3 Å². The molecular formula is C22H28N4O5Si. The molecule has 1 saturated heterocycles. The molecule has 1 aromatic carbocycles. The van der Waals surface area contributed by atoms with Gasteiger partial charge >= 0.3 is 6.03 Å². The first-order valence-electron chi connectivity index (χ1n) is 10.3. The third kappa shape index (κ3) is 3.80. The Labute approximate surface area is 188 Å². The Balaban J connectivity index is 2.11. The Morgan fingerprint density at radius 2 is 1.78 bits per heavy atom. The number of hydrogen-bond donors (Lipinski definition) is 0. The van der Waals surface area contributed by atoms with Crippen molar-refractivity contribution < 1.29 is 18.9 Å². The molecule has 10 heteroatoms. The van der Waals surface area contributed by atoms with Crippen LogP contribution in [0.5, 0.6) is 0 Å². The molecule has 3 amide bonds. The number of pyridine rings is 1. The highest BCUT2D eigenvalue weighted by molar-refractivity contribution is 6.74. The van der Waals surface area contributed by atoms with Crippen molar-refractivity contribution in [3.8, 4) is 0 Å². The first-order chi connectivity index (χ1) is 14.8. The summed E-state index contributed by atoms with van der Waals surface area (Å²) in [6.45, 7) is 10.4. The van der Waals surface area contributed by atoms with Gasteiger partial charge in [-0.25, -0.2) is 14.7 Å². The van der Waals surface area contributed by atoms with Crippen LogP contribution in [0.2, 0.25) is 18.1 Å². The molecule has 9 nitrogen and oxygen atoms in total. The fourth-order valence-electron chi connectivity index (χ4n) is 3.35. The molecule has 0 spiro atoms. The molecule has 0 radical (unpaired) electrons. The molecule has 170 valence electrons. The number of likely N-dealkylation sites (N-methyl/N-ethyl adjacent to an activating group) is 1. The lowest BCUT2D eigenvalue weighted by atomic mass is 9.89. The summed E-state index contributed by atoms with van der Waals surface area (Å²) in [5, 5.41) is 11.1. The zero-order valence-corrected chi connectivity index (χ0v) is 20.2. The van der Waals surface area contributed by atoms with Gasteiger partial charge in [-0.05, 0) is 23.7 Å². The smallest absolute Gasteiger partial charge is 0.333 e. The van der Waals surface area contributed by atoms with Crippen LogP contribution >= 0.6 is 0 Å². The number of hydrogen-bond acceptors (Lipinski definition) is 6. The summed E-state index contributed by atoms with van der Waals surface area (Å²) in [4.78, 5) is 44.1. The predicted molar refractivity (Wildman–Crippen MR) is 123 cm³/mol. The van der Waals surface area contributed by atoms with E-state index < -0.39 is 30.7 Å². The van der Waals surface area contributed by atoms with Crippen LogP contribution in [0, 0.1) is 10.1 Å². The molecule has 1 unspecified atom stereocenters. The zero-order chi connectivity index (χ0) is 23.9. The zero-order valence-electron chi connectivity index (χ0n) is 19.2. The number of carbonyl (C=O) groups excluding carboxylic acids is 2. The highest BCUT2D eigenvalue weighted by Crippen LogP contribution is 2.42. The SMILES string of the molecule is CN1C(=O)N(c2cc([N+](=O)[O-])ccn2)C(=O)C1(CO[Si](C)(C)C(C)(C)C)c1ccccc1. The van der Waals surface area contributed by atoms with E-state index in [4.69, 9.17) is 4.43 Å². The van der Waals surface area contributed by atoms with Crippen molar-refractivity contribution >= 4 is 31.8 Å². The van der Waals surface area contributed by atoms with Crippen molar-refractivity contribution in [3.63, 3.8) is 0 Å². The second-order valence-electron chi connectivity index (χ2n) is 9.39. The summed E-state index contributed by atoms with van der Waals surface area (Å²) in [6, 6.07) is 10.7. The van der Waals surface area contributed by atoms with Gasteiger partial charge in [0.1, 0.15) is 0 Å². The van der Waals surface area contributed by atoms with Gasteiger partial charge in [-0.15, -0.1) is 0 Å². The van der Waals surface area contributed by atoms with E-state index in [9.17, 15) is 19.7 Å². The number of rotatable bonds is 6. The van der Waals surface area contributed by atoms with E-state index in [1.807, 2.05) is 6.07 Å². The number of anilines is 1. The minimum Gasteiger partial charge on any atom is -0.414 e. The number of aromatic nitrogens is 1. The first kappa shape index (κ1) is 23.5. The van der Waals surface area contributed by atoms with E-state index in [2.05, 4.69) is 38.8 Å². The molecule has 32 heavy (non-hydrogen) atoms. The Kier molecular flexibility index (Phi) is 5.96. The number of nitro groups is 1. The van der Waals surface area contributed by atoms with Crippen LogP contribution in [0.15, 0.2) is 48.7 Å². The van der Waals surface area contributed by atoms with Crippen molar-refractivity contribution in [2.75, 3.05) is 18.6 Å². The Morgan fingerprint density at radius 3 is 2.34 bits per heavy atom. The summed E-state index contributed by atoms with van der Waals surface area (Å²) in [7, 11) is -0.731. The number of imide groups is 1. The maximum absolute atomic E-state index is 13.9. The van der Waals surface area contributed by atoms with Gasteiger partial charge in [0.25, 0.3) is 11.6 Å². The van der Waals surface area contributed by atoms with Crippen LogP contribution in [0.25, 0.3) is 0 Å². The number of nitrogens with zero attached hydrogens (tertiary/aromatic N) is 4. The Bertz CT molecular complexity index is 1050. The molecule has 1 aromatic heterocycles. The standard InChI is InChI=1S/C22H28N4O5Si/c1-21(2,3)32(5,6)31-15-22(16-10-8-7-9-11-16)19(27)25(20(28)24(22)4)18-14-17(26(29)30)12-13-23-18/h7-14H,15H2,1-6H3. The van der Waals surface area contributed by atoms with Crippen molar-refractivity contribution in [1.29, 1.82) is 0 Å². The lowest BCUT2D eigenvalue weighted by Gasteiger charge is -2.41. The number of benzene rings is 1. The molecule has 2 heterocycles. The average molecular weight is 457 g/mol. The van der Waals surface area contributed by atoms with Gasteiger partial charge in [0.15, 0.2) is 19.7 Å². The Morgan fingerprint density at radius 1 is 1.16 bits per heavy atom. The van der Waals surface area contributed by atoms with E-state index in [1.54, 1.807) is 31.3 Å². The van der Waals surface area contributed by atoms with Gasteiger partial charge in [0.05, 0.1) is 17.6 Å². The number of carbonyl (C=O) groups is 2. The fraction of sp³-hybridized carbons (Fsp3) is 0.409. The second kappa shape index (κ2) is 8.10. The fourth-order valence-corrected chi connectivity index (χ4v) is 4.35. The van der Waals surface area contributed by atoms with E-state index in [0.29, 0.717) is 5.56 Å². The van der Waals surface area contributed by atoms with Crippen LogP contribution in [0.3, 0.4) is 0 Å². The van der Waals surface area contributed by atoms with Gasteiger partial charge in [-0.2, -0.15) is 0 Å². The summed E-state index contributed by atoms with van der Waals surface area (Å²) >= 11 is 0. The average Bonchev–Trinajstić information content (AvgIpc) is 2.92. The maximum atomic E-state index is 13.9. The van der Waals surface area contributed by atoms with Crippen molar-refractivity contribution in [1.82, 2.24) is 9.88 Å². The van der Waals surface area contributed by atoms with Gasteiger partial charge < -0.3 is 9.33 Å². The minimum absolute atomic E-state index is 0.0278. The van der Waals surface area contributed by atoms with E-state index in [-0.39, 0.29) is 23.2 Å². The number of amides is 3. The molecule has 1 fully saturated rings. The largest absolute Gasteiger partial charge is 0.414 e. The molecule has 0 bridgehead atoms. The summed E-state index contributed by atoms with van der Waals surface area (Å²) in [6.07, 6.45) is 1.21. The normalized spacial score (nSPS) is 19.6. The summed E-state index contributed by atoms with van der Waals surface area (Å²) in [5.41, 5.74) is -1.07. The van der Waals surface area contributed by atoms with E-state index in [0.717, 1.165) is 11.0 Å². The third-order valence-corrected chi connectivity index (χ3v) is 11.0. The van der Waals surface area contributed by atoms with Crippen LogP contribution in [0.4, 0.5) is 16.3 Å². The van der Waals surface area contributed by atoms with E-state index in [1.165, 1.54) is 17.2 Å². The molecule has 3 rings (SSSR count).